The maximum Gasteiger partial charge on any atom is 0.111 e. The minimum Gasteiger partial charge on any atom is -0.145 e. The molecular weight excluding hydrogens is 222 g/mol. The Morgan fingerprint density at radius 2 is 2.11 bits per heavy atom. The standard InChI is InChI=1S/C16H21NO/c1-12-7-6-10-16(2,3)14(12)11-13-8-4-5-9-15(13)17-18/h4-5,8-9,14H,1,6-7,10-11H2,2-3H3. The van der Waals surface area contributed by atoms with Gasteiger partial charge in [-0.3, -0.25) is 0 Å². The van der Waals surface area contributed by atoms with Crippen molar-refractivity contribution < 1.29 is 0 Å². The molecule has 0 heterocycles. The van der Waals surface area contributed by atoms with Gasteiger partial charge in [-0.15, -0.1) is 4.91 Å². The van der Waals surface area contributed by atoms with Gasteiger partial charge in [-0.05, 0) is 53.8 Å². The smallest absolute Gasteiger partial charge is 0.111 e. The highest BCUT2D eigenvalue weighted by atomic mass is 16.3. The first-order valence-corrected chi connectivity index (χ1v) is 6.63. The molecule has 1 atom stereocenters. The Kier molecular flexibility index (Phi) is 3.65. The molecule has 0 N–H and O–H groups in total. The molecule has 1 saturated carbocycles. The van der Waals surface area contributed by atoms with E-state index >= 15 is 0 Å². The van der Waals surface area contributed by atoms with Crippen LogP contribution in [0.3, 0.4) is 0 Å². The van der Waals surface area contributed by atoms with E-state index in [9.17, 15) is 4.91 Å². The summed E-state index contributed by atoms with van der Waals surface area (Å²) in [5.74, 6) is 0.453. The molecule has 1 unspecified atom stereocenters. The van der Waals surface area contributed by atoms with Crippen LogP contribution < -0.4 is 0 Å². The first-order chi connectivity index (χ1) is 8.54. The molecule has 0 radical (unpaired) electrons. The Morgan fingerprint density at radius 1 is 1.39 bits per heavy atom. The van der Waals surface area contributed by atoms with E-state index in [1.807, 2.05) is 18.2 Å². The third-order valence-electron chi connectivity index (χ3n) is 4.27. The fourth-order valence-corrected chi connectivity index (χ4v) is 3.09. The van der Waals surface area contributed by atoms with Crippen molar-refractivity contribution in [3.63, 3.8) is 0 Å². The van der Waals surface area contributed by atoms with Crippen LogP contribution in [0.25, 0.3) is 0 Å². The van der Waals surface area contributed by atoms with E-state index in [-0.39, 0.29) is 5.41 Å². The van der Waals surface area contributed by atoms with Crippen molar-refractivity contribution in [2.75, 3.05) is 0 Å². The van der Waals surface area contributed by atoms with Crippen molar-refractivity contribution in [3.8, 4) is 0 Å². The predicted molar refractivity (Wildman–Crippen MR) is 75.9 cm³/mol. The van der Waals surface area contributed by atoms with Crippen molar-refractivity contribution in [1.82, 2.24) is 0 Å². The Balaban J connectivity index is 2.26. The first-order valence-electron chi connectivity index (χ1n) is 6.63. The Hall–Kier alpha value is -1.44. The van der Waals surface area contributed by atoms with Gasteiger partial charge in [0.15, 0.2) is 0 Å². The zero-order valence-electron chi connectivity index (χ0n) is 11.3. The van der Waals surface area contributed by atoms with Crippen LogP contribution in [0.4, 0.5) is 5.69 Å². The molecule has 2 heteroatoms. The lowest BCUT2D eigenvalue weighted by molar-refractivity contribution is 0.189. The quantitative estimate of drug-likeness (QED) is 0.542. The number of hydrogen-bond donors (Lipinski definition) is 0. The minimum atomic E-state index is 0.269. The van der Waals surface area contributed by atoms with E-state index in [0.29, 0.717) is 11.6 Å². The van der Waals surface area contributed by atoms with Crippen molar-refractivity contribution in [3.05, 3.63) is 46.9 Å². The van der Waals surface area contributed by atoms with Gasteiger partial charge in [0.2, 0.25) is 0 Å². The monoisotopic (exact) mass is 243 g/mol. The second-order valence-electron chi connectivity index (χ2n) is 5.98. The summed E-state index contributed by atoms with van der Waals surface area (Å²) in [7, 11) is 0. The Bertz CT molecular complexity index is 462. The molecule has 1 fully saturated rings. The van der Waals surface area contributed by atoms with Crippen LogP contribution in [-0.2, 0) is 6.42 Å². The van der Waals surface area contributed by atoms with Crippen LogP contribution in [0.2, 0.25) is 0 Å². The predicted octanol–water partition coefficient (Wildman–Crippen LogP) is 5.01. The fraction of sp³-hybridized carbons (Fsp3) is 0.500. The molecule has 0 spiro atoms. The summed E-state index contributed by atoms with van der Waals surface area (Å²) < 4.78 is 0. The molecular formula is C16H21NO. The third-order valence-corrected chi connectivity index (χ3v) is 4.27. The molecule has 1 aliphatic rings. The van der Waals surface area contributed by atoms with E-state index in [1.165, 1.54) is 18.4 Å². The molecule has 2 rings (SSSR count). The van der Waals surface area contributed by atoms with Crippen LogP contribution in [0.1, 0.15) is 38.7 Å². The topological polar surface area (TPSA) is 29.4 Å². The second-order valence-corrected chi connectivity index (χ2v) is 5.98. The van der Waals surface area contributed by atoms with Crippen LogP contribution in [-0.4, -0.2) is 0 Å². The highest BCUT2D eigenvalue weighted by Gasteiger charge is 2.34. The van der Waals surface area contributed by atoms with Crippen molar-refractivity contribution in [2.45, 2.75) is 39.5 Å². The molecule has 1 aromatic carbocycles. The molecule has 96 valence electrons. The summed E-state index contributed by atoms with van der Waals surface area (Å²) in [4.78, 5) is 10.8. The largest absolute Gasteiger partial charge is 0.145 e. The van der Waals surface area contributed by atoms with Crippen LogP contribution >= 0.6 is 0 Å². The van der Waals surface area contributed by atoms with Gasteiger partial charge in [-0.1, -0.05) is 44.2 Å². The van der Waals surface area contributed by atoms with E-state index in [2.05, 4.69) is 25.6 Å². The highest BCUT2D eigenvalue weighted by Crippen LogP contribution is 2.45. The fourth-order valence-electron chi connectivity index (χ4n) is 3.09. The first kappa shape index (κ1) is 13.0. The zero-order chi connectivity index (χ0) is 13.2. The molecule has 18 heavy (non-hydrogen) atoms. The molecule has 0 saturated heterocycles. The van der Waals surface area contributed by atoms with Crippen molar-refractivity contribution in [2.24, 2.45) is 16.5 Å². The average molecular weight is 243 g/mol. The molecule has 1 aromatic rings. The normalized spacial score (nSPS) is 22.8. The average Bonchev–Trinajstić information content (AvgIpc) is 2.34. The van der Waals surface area contributed by atoms with Gasteiger partial charge < -0.3 is 0 Å². The van der Waals surface area contributed by atoms with Gasteiger partial charge in [-0.2, -0.15) is 0 Å². The lowest BCUT2D eigenvalue weighted by atomic mass is 9.65. The van der Waals surface area contributed by atoms with E-state index < -0.39 is 0 Å². The Morgan fingerprint density at radius 3 is 2.78 bits per heavy atom. The van der Waals surface area contributed by atoms with Gasteiger partial charge in [-0.25, -0.2) is 0 Å². The maximum atomic E-state index is 10.8. The number of nitrogens with zero attached hydrogens (tertiary/aromatic N) is 1. The van der Waals surface area contributed by atoms with Crippen LogP contribution in [0.15, 0.2) is 41.6 Å². The Labute approximate surface area is 109 Å². The number of benzene rings is 1. The summed E-state index contributed by atoms with van der Waals surface area (Å²) >= 11 is 0. The lowest BCUT2D eigenvalue weighted by Gasteiger charge is -2.40. The summed E-state index contributed by atoms with van der Waals surface area (Å²) in [5, 5.41) is 3.13. The molecule has 0 bridgehead atoms. The summed E-state index contributed by atoms with van der Waals surface area (Å²) in [6.45, 7) is 8.84. The summed E-state index contributed by atoms with van der Waals surface area (Å²) in [6.07, 6.45) is 4.46. The van der Waals surface area contributed by atoms with Gasteiger partial charge in [0.25, 0.3) is 0 Å². The van der Waals surface area contributed by atoms with E-state index in [4.69, 9.17) is 0 Å². The number of nitroso groups, excluding NO2 is 1. The maximum absolute atomic E-state index is 10.8. The third kappa shape index (κ3) is 2.53. The summed E-state index contributed by atoms with van der Waals surface area (Å²) in [5.41, 5.74) is 3.22. The molecule has 2 nitrogen and oxygen atoms in total. The van der Waals surface area contributed by atoms with E-state index in [1.54, 1.807) is 6.07 Å². The number of allylic oxidation sites excluding steroid dienone is 1. The number of hydrogen-bond acceptors (Lipinski definition) is 2. The van der Waals surface area contributed by atoms with Gasteiger partial charge in [0.1, 0.15) is 5.69 Å². The van der Waals surface area contributed by atoms with E-state index in [0.717, 1.165) is 18.4 Å². The molecule has 0 aliphatic heterocycles. The SMILES string of the molecule is C=C1CCCC(C)(C)C1Cc1ccccc1N=O. The second kappa shape index (κ2) is 5.05. The van der Waals surface area contributed by atoms with Gasteiger partial charge >= 0.3 is 0 Å². The zero-order valence-corrected chi connectivity index (χ0v) is 11.3. The number of rotatable bonds is 3. The molecule has 1 aliphatic carbocycles. The highest BCUT2D eigenvalue weighted by molar-refractivity contribution is 5.46. The minimum absolute atomic E-state index is 0.269. The van der Waals surface area contributed by atoms with Crippen LogP contribution in [0.5, 0.6) is 0 Å². The molecule has 0 amide bonds. The van der Waals surface area contributed by atoms with Crippen LogP contribution in [0, 0.1) is 16.2 Å². The van der Waals surface area contributed by atoms with Crippen molar-refractivity contribution in [1.29, 1.82) is 0 Å². The van der Waals surface area contributed by atoms with Gasteiger partial charge in [0.05, 0.1) is 0 Å². The summed E-state index contributed by atoms with van der Waals surface area (Å²) in [6, 6.07) is 7.64. The lowest BCUT2D eigenvalue weighted by Crippen LogP contribution is -2.31. The molecule has 0 aromatic heterocycles. The van der Waals surface area contributed by atoms with Gasteiger partial charge in [0, 0.05) is 0 Å². The van der Waals surface area contributed by atoms with Crippen molar-refractivity contribution >= 4 is 5.69 Å².